The first-order valence-electron chi connectivity index (χ1n) is 10.2. The lowest BCUT2D eigenvalue weighted by molar-refractivity contribution is 0.0606. The standard InChI is InChI=1S/C22H23N5O2/c28-20(18-5-2-10-24-14-18)27-11-3-8-22(15-27,12-16-6-7-16)21-25-19(29-26-21)17-4-1-9-23-13-17/h1-2,4-5,9-10,13-14,16H,3,6-8,11-12,15H2. The van der Waals surface area contributed by atoms with Crippen molar-refractivity contribution in [2.24, 2.45) is 5.92 Å². The lowest BCUT2D eigenvalue weighted by Crippen LogP contribution is -2.49. The van der Waals surface area contributed by atoms with E-state index in [9.17, 15) is 4.79 Å². The van der Waals surface area contributed by atoms with Gasteiger partial charge in [0.1, 0.15) is 0 Å². The highest BCUT2D eigenvalue weighted by molar-refractivity contribution is 5.94. The molecule has 2 fully saturated rings. The van der Waals surface area contributed by atoms with Crippen LogP contribution >= 0.6 is 0 Å². The normalized spacial score (nSPS) is 21.9. The Hall–Kier alpha value is -3.09. The Morgan fingerprint density at radius 2 is 2.00 bits per heavy atom. The zero-order valence-electron chi connectivity index (χ0n) is 16.2. The van der Waals surface area contributed by atoms with Gasteiger partial charge >= 0.3 is 0 Å². The van der Waals surface area contributed by atoms with E-state index >= 15 is 0 Å². The number of carbonyl (C=O) groups is 1. The molecule has 1 aliphatic heterocycles. The average Bonchev–Trinajstić information content (AvgIpc) is 3.44. The number of nitrogens with zero attached hydrogens (tertiary/aromatic N) is 5. The third-order valence-corrected chi connectivity index (χ3v) is 5.96. The van der Waals surface area contributed by atoms with E-state index in [2.05, 4.69) is 15.1 Å². The van der Waals surface area contributed by atoms with Crippen LogP contribution in [0.3, 0.4) is 0 Å². The number of likely N-dealkylation sites (tertiary alicyclic amines) is 1. The number of rotatable bonds is 5. The maximum Gasteiger partial charge on any atom is 0.259 e. The summed E-state index contributed by atoms with van der Waals surface area (Å²) in [5.41, 5.74) is 1.17. The van der Waals surface area contributed by atoms with Crippen LogP contribution in [-0.2, 0) is 5.41 Å². The van der Waals surface area contributed by atoms with Gasteiger partial charge in [-0.15, -0.1) is 0 Å². The van der Waals surface area contributed by atoms with Crippen LogP contribution in [0.1, 0.15) is 48.3 Å². The van der Waals surface area contributed by atoms with Gasteiger partial charge in [0, 0.05) is 37.9 Å². The molecule has 5 rings (SSSR count). The van der Waals surface area contributed by atoms with Gasteiger partial charge in [0.15, 0.2) is 5.82 Å². The van der Waals surface area contributed by atoms with Gasteiger partial charge in [-0.25, -0.2) is 0 Å². The first kappa shape index (κ1) is 18.0. The summed E-state index contributed by atoms with van der Waals surface area (Å²) in [7, 11) is 0. The van der Waals surface area contributed by atoms with Crippen molar-refractivity contribution in [3.63, 3.8) is 0 Å². The van der Waals surface area contributed by atoms with Crippen LogP contribution in [0, 0.1) is 5.92 Å². The number of aromatic nitrogens is 4. The number of piperidine rings is 1. The van der Waals surface area contributed by atoms with E-state index in [0.29, 0.717) is 29.7 Å². The Kier molecular flexibility index (Phi) is 4.58. The summed E-state index contributed by atoms with van der Waals surface area (Å²) < 4.78 is 5.60. The van der Waals surface area contributed by atoms with Crippen molar-refractivity contribution in [1.82, 2.24) is 25.0 Å². The first-order chi connectivity index (χ1) is 14.2. The number of pyridine rings is 2. The Labute approximate surface area is 169 Å². The Morgan fingerprint density at radius 1 is 1.17 bits per heavy atom. The molecule has 1 unspecified atom stereocenters. The smallest absolute Gasteiger partial charge is 0.259 e. The van der Waals surface area contributed by atoms with Crippen LogP contribution in [0.25, 0.3) is 11.5 Å². The molecule has 1 aliphatic carbocycles. The minimum absolute atomic E-state index is 0.0222. The van der Waals surface area contributed by atoms with Crippen molar-refractivity contribution in [2.75, 3.05) is 13.1 Å². The van der Waals surface area contributed by atoms with E-state index in [1.165, 1.54) is 12.8 Å². The highest BCUT2D eigenvalue weighted by atomic mass is 16.5. The van der Waals surface area contributed by atoms with E-state index in [0.717, 1.165) is 31.4 Å². The monoisotopic (exact) mass is 389 g/mol. The highest BCUT2D eigenvalue weighted by Gasteiger charge is 2.46. The lowest BCUT2D eigenvalue weighted by atomic mass is 9.74. The fourth-order valence-corrected chi connectivity index (χ4v) is 4.34. The predicted octanol–water partition coefficient (Wildman–Crippen LogP) is 3.50. The fourth-order valence-electron chi connectivity index (χ4n) is 4.34. The molecule has 1 saturated carbocycles. The Balaban J connectivity index is 1.45. The lowest BCUT2D eigenvalue weighted by Gasteiger charge is -2.41. The minimum atomic E-state index is -0.263. The second-order valence-corrected chi connectivity index (χ2v) is 8.16. The summed E-state index contributed by atoms with van der Waals surface area (Å²) in [6.45, 7) is 1.36. The SMILES string of the molecule is O=C(c1cccnc1)N1CCCC(CC2CC2)(c2noc(-c3cccnc3)n2)C1. The van der Waals surface area contributed by atoms with Crippen molar-refractivity contribution < 1.29 is 9.32 Å². The van der Waals surface area contributed by atoms with E-state index in [4.69, 9.17) is 9.51 Å². The third kappa shape index (κ3) is 3.64. The first-order valence-corrected chi connectivity index (χ1v) is 10.2. The molecule has 0 N–H and O–H groups in total. The molecule has 29 heavy (non-hydrogen) atoms. The fraction of sp³-hybridized carbons (Fsp3) is 0.409. The van der Waals surface area contributed by atoms with Crippen LogP contribution in [0.2, 0.25) is 0 Å². The number of amides is 1. The molecular formula is C22H23N5O2. The molecule has 1 atom stereocenters. The predicted molar refractivity (Wildman–Crippen MR) is 106 cm³/mol. The topological polar surface area (TPSA) is 85.0 Å². The number of hydrogen-bond donors (Lipinski definition) is 0. The molecular weight excluding hydrogens is 366 g/mol. The van der Waals surface area contributed by atoms with E-state index in [1.807, 2.05) is 23.1 Å². The van der Waals surface area contributed by atoms with Crippen molar-refractivity contribution >= 4 is 5.91 Å². The van der Waals surface area contributed by atoms with Crippen molar-refractivity contribution in [3.05, 3.63) is 60.4 Å². The molecule has 4 heterocycles. The Morgan fingerprint density at radius 3 is 2.72 bits per heavy atom. The Bertz CT molecular complexity index is 987. The van der Waals surface area contributed by atoms with Crippen LogP contribution in [0.15, 0.2) is 53.6 Å². The molecule has 0 aromatic carbocycles. The summed E-state index contributed by atoms with van der Waals surface area (Å²) in [4.78, 5) is 28.0. The summed E-state index contributed by atoms with van der Waals surface area (Å²) in [6.07, 6.45) is 12.1. The average molecular weight is 389 g/mol. The summed E-state index contributed by atoms with van der Waals surface area (Å²) in [5, 5.41) is 4.37. The van der Waals surface area contributed by atoms with Crippen molar-refractivity contribution in [3.8, 4) is 11.5 Å². The van der Waals surface area contributed by atoms with Crippen LogP contribution < -0.4 is 0 Å². The molecule has 0 bridgehead atoms. The second-order valence-electron chi connectivity index (χ2n) is 8.16. The van der Waals surface area contributed by atoms with E-state index < -0.39 is 0 Å². The molecule has 7 heteroatoms. The quantitative estimate of drug-likeness (QED) is 0.664. The van der Waals surface area contributed by atoms with Gasteiger partial charge in [-0.05, 0) is 49.4 Å². The maximum absolute atomic E-state index is 13.1. The zero-order valence-corrected chi connectivity index (χ0v) is 16.2. The van der Waals surface area contributed by atoms with Gasteiger partial charge in [0.05, 0.1) is 16.5 Å². The van der Waals surface area contributed by atoms with E-state index in [-0.39, 0.29) is 11.3 Å². The van der Waals surface area contributed by atoms with Crippen LogP contribution in [-0.4, -0.2) is 44.0 Å². The zero-order chi connectivity index (χ0) is 19.7. The van der Waals surface area contributed by atoms with Gasteiger partial charge in [-0.1, -0.05) is 18.0 Å². The minimum Gasteiger partial charge on any atom is -0.338 e. The number of hydrogen-bond acceptors (Lipinski definition) is 6. The summed E-state index contributed by atoms with van der Waals surface area (Å²) in [6, 6.07) is 7.39. The van der Waals surface area contributed by atoms with Gasteiger partial charge < -0.3 is 9.42 Å². The maximum atomic E-state index is 13.1. The van der Waals surface area contributed by atoms with Crippen molar-refractivity contribution in [2.45, 2.75) is 37.5 Å². The second kappa shape index (κ2) is 7.39. The van der Waals surface area contributed by atoms with Crippen LogP contribution in [0.5, 0.6) is 0 Å². The number of carbonyl (C=O) groups excluding carboxylic acids is 1. The molecule has 3 aromatic heterocycles. The van der Waals surface area contributed by atoms with Crippen LogP contribution in [0.4, 0.5) is 0 Å². The molecule has 0 spiro atoms. The molecule has 1 saturated heterocycles. The highest BCUT2D eigenvalue weighted by Crippen LogP contribution is 2.46. The van der Waals surface area contributed by atoms with Crippen molar-refractivity contribution in [1.29, 1.82) is 0 Å². The molecule has 2 aliphatic rings. The molecule has 1 amide bonds. The molecule has 7 nitrogen and oxygen atoms in total. The molecule has 0 radical (unpaired) electrons. The van der Waals surface area contributed by atoms with Gasteiger partial charge in [0.2, 0.25) is 0 Å². The van der Waals surface area contributed by atoms with E-state index in [1.54, 1.807) is 30.9 Å². The summed E-state index contributed by atoms with van der Waals surface area (Å²) in [5.74, 6) is 1.91. The van der Waals surface area contributed by atoms with Gasteiger partial charge in [-0.3, -0.25) is 14.8 Å². The summed E-state index contributed by atoms with van der Waals surface area (Å²) >= 11 is 0. The molecule has 148 valence electrons. The molecule has 3 aromatic rings. The van der Waals surface area contributed by atoms with Gasteiger partial charge in [0.25, 0.3) is 11.8 Å². The van der Waals surface area contributed by atoms with Gasteiger partial charge in [-0.2, -0.15) is 4.98 Å². The largest absolute Gasteiger partial charge is 0.338 e. The third-order valence-electron chi connectivity index (χ3n) is 5.96.